The summed E-state index contributed by atoms with van der Waals surface area (Å²) in [7, 11) is 8.55. The van der Waals surface area contributed by atoms with Crippen molar-refractivity contribution in [3.05, 3.63) is 151 Å². The average Bonchev–Trinajstić information content (AvgIpc) is 3.92. The van der Waals surface area contributed by atoms with Crippen LogP contribution in [0.3, 0.4) is 0 Å². The molecule has 2 amide bonds. The van der Waals surface area contributed by atoms with Crippen LogP contribution in [-0.4, -0.2) is 106 Å². The summed E-state index contributed by atoms with van der Waals surface area (Å²) < 4.78 is 10.4. The van der Waals surface area contributed by atoms with Gasteiger partial charge in [0.25, 0.3) is 11.8 Å². The molecule has 3 aromatic rings. The summed E-state index contributed by atoms with van der Waals surface area (Å²) in [5, 5.41) is 29.0. The van der Waals surface area contributed by atoms with Gasteiger partial charge in [0.15, 0.2) is 17.1 Å². The predicted molar refractivity (Wildman–Crippen MR) is 305 cm³/mol. The zero-order valence-electron chi connectivity index (χ0n) is 50.9. The number of nitrogens with one attached hydrogen (secondary N) is 2. The predicted octanol–water partition coefficient (Wildman–Crippen LogP) is 10.1. The molecule has 1 atom stereocenters. The first-order valence-corrected chi connectivity index (χ1v) is 23.2. The minimum atomic E-state index is -0.579. The smallest absolute Gasteiger partial charge is 0.360 e. The first-order chi connectivity index (χ1) is 34.6. The molecule has 4 radical (unpaired) electrons. The normalized spacial score (nSPS) is 14.0. The summed E-state index contributed by atoms with van der Waals surface area (Å²) in [6.45, 7) is 24.4. The Balaban J connectivity index is -0.000000246. The molecule has 80 heavy (non-hydrogen) atoms. The minimum Gasteiger partial charge on any atom is -0.464 e. The number of ether oxygens (including phenoxy) is 2. The van der Waals surface area contributed by atoms with Crippen molar-refractivity contribution in [3.8, 4) is 0 Å². The monoisotopic (exact) mass is 1370 g/mol. The van der Waals surface area contributed by atoms with Gasteiger partial charge in [0.1, 0.15) is 46.8 Å². The number of amides is 2. The van der Waals surface area contributed by atoms with E-state index in [4.69, 9.17) is 38.5 Å². The molecule has 4 rings (SSSR count). The summed E-state index contributed by atoms with van der Waals surface area (Å²) in [5.74, 6) is -1.25. The Morgan fingerprint density at radius 2 is 0.775 bits per heavy atom. The second-order valence-electron chi connectivity index (χ2n) is 17.2. The number of epoxide rings is 1. The van der Waals surface area contributed by atoms with Crippen molar-refractivity contribution < 1.29 is 170 Å². The van der Waals surface area contributed by atoms with Crippen molar-refractivity contribution in [1.29, 1.82) is 0 Å². The fourth-order valence-corrected chi connectivity index (χ4v) is 6.40. The zero-order valence-corrected chi connectivity index (χ0v) is 60.8. The standard InChI is InChI=1S/C18H25N3O4.C18H25N3O3.C18H24N2O4.3CH3.V.3Y/c1-12(18(4)17(2,3)25-18)20-24-11-13-9-7-8-10-14(13)15(21-23-6)16(22)19-5;1-12(2)13(3)14(4)20-24-11-15-9-7-8-10-16(15)17(21-23-6)18(22)19-5;1-12(2)13(3)14(4)19-24-11-15-9-7-8-10-16(15)17(20-23-6)18(21)22-5;;;;;;;/h7-10H,11H2,1-6H3,(H,19,22);7-10H,11H2,1-6H3,(H,19,22);7-10H,11H2,1-6H3;3*1H3;;;;/q;;;3*-1;;;;/b20-12+,21-15+;20-14+,21-17+;19-14+,20-17+;;;;;;;. The third kappa shape index (κ3) is 27.1. The largest absolute Gasteiger partial charge is 0.464 e. The van der Waals surface area contributed by atoms with E-state index in [1.807, 2.05) is 132 Å². The number of nitrogens with zero attached hydrogens (tertiary/aromatic N) is 6. The van der Waals surface area contributed by atoms with Crippen LogP contribution < -0.4 is 10.6 Å². The fraction of sp³-hybridized carbons (Fsp3) is 0.404. The Hall–Kier alpha value is -3.77. The van der Waals surface area contributed by atoms with Crippen LogP contribution >= 0.6 is 0 Å². The quantitative estimate of drug-likeness (QED) is 0.0335. The van der Waals surface area contributed by atoms with Gasteiger partial charge in [-0.2, -0.15) is 0 Å². The number of oxime groups is 6. The van der Waals surface area contributed by atoms with E-state index < -0.39 is 11.6 Å². The van der Waals surface area contributed by atoms with Gasteiger partial charge in [-0.1, -0.05) is 115 Å². The van der Waals surface area contributed by atoms with Gasteiger partial charge in [-0.25, -0.2) is 4.79 Å². The molecule has 434 valence electrons. The summed E-state index contributed by atoms with van der Waals surface area (Å²) in [6.07, 6.45) is 0. The molecule has 0 spiro atoms. The molecule has 1 unspecified atom stereocenters. The number of likely N-dealkylation sites (N-methyl/N-ethyl adjacent to an activating group) is 2. The second-order valence-corrected chi connectivity index (χ2v) is 17.2. The van der Waals surface area contributed by atoms with Gasteiger partial charge in [-0.05, 0) is 94.2 Å². The number of methoxy groups -OCH3 is 1. The summed E-state index contributed by atoms with van der Waals surface area (Å²) in [6, 6.07) is 21.9. The van der Waals surface area contributed by atoms with Gasteiger partial charge >= 0.3 is 5.97 Å². The van der Waals surface area contributed by atoms with Crippen LogP contribution in [0.1, 0.15) is 116 Å². The van der Waals surface area contributed by atoms with Crippen LogP contribution in [0.5, 0.6) is 0 Å². The molecule has 19 nitrogen and oxygen atoms in total. The van der Waals surface area contributed by atoms with Gasteiger partial charge in [0.2, 0.25) is 0 Å². The molecule has 1 fully saturated rings. The van der Waals surface area contributed by atoms with E-state index in [0.29, 0.717) is 16.7 Å². The van der Waals surface area contributed by atoms with Gasteiger partial charge in [-0.15, -0.1) is 0 Å². The average molecular weight is 1370 g/mol. The van der Waals surface area contributed by atoms with Crippen molar-refractivity contribution in [2.75, 3.05) is 42.5 Å². The van der Waals surface area contributed by atoms with E-state index in [9.17, 15) is 14.4 Å². The molecule has 0 bridgehead atoms. The number of benzene rings is 3. The molecule has 1 saturated heterocycles. The third-order valence-electron chi connectivity index (χ3n) is 11.7. The maximum atomic E-state index is 12.0. The molecule has 23 heteroatoms. The molecule has 0 aromatic heterocycles. The Labute approximate surface area is 564 Å². The van der Waals surface area contributed by atoms with E-state index in [0.717, 1.165) is 45.0 Å². The van der Waals surface area contributed by atoms with E-state index in [2.05, 4.69) is 41.6 Å². The van der Waals surface area contributed by atoms with Crippen molar-refractivity contribution in [1.82, 2.24) is 10.6 Å². The van der Waals surface area contributed by atoms with Crippen LogP contribution in [0.2, 0.25) is 0 Å². The Bertz CT molecular complexity index is 2530. The van der Waals surface area contributed by atoms with Crippen LogP contribution in [0.4, 0.5) is 0 Å². The SMILES string of the molecule is CNC(=O)/C(=N/OC)c1ccccc1CO/N=C(\C)C(C)=C(C)C.CNC(=O)/C(=N/OC)c1ccccc1CO/N=C(\C)C1(C)OC1(C)C.CO/N=C(/C(=O)OC)c1ccccc1CO/N=C(\C)C(C)=C(C)C.[CH3-].[CH3-].[CH3-].[V].[Y].[Y].[Y]. The number of esters is 1. The van der Waals surface area contributed by atoms with Crippen LogP contribution in [0.15, 0.2) is 126 Å². The number of rotatable bonds is 21. The Morgan fingerprint density at radius 3 is 1.05 bits per heavy atom. The van der Waals surface area contributed by atoms with Crippen LogP contribution in [0.25, 0.3) is 0 Å². The molecule has 1 aliphatic heterocycles. The van der Waals surface area contributed by atoms with Gasteiger partial charge in [0.05, 0.1) is 29.8 Å². The van der Waals surface area contributed by atoms with Crippen LogP contribution in [-0.2, 0) is 189 Å². The summed E-state index contributed by atoms with van der Waals surface area (Å²) in [5.41, 5.74) is 11.0. The number of hydrogen-bond donors (Lipinski definition) is 2. The molecule has 1 aliphatic rings. The molecule has 2 N–H and O–H groups in total. The molecular formula is C57H83N8O11VY3-3. The van der Waals surface area contributed by atoms with Crippen molar-refractivity contribution in [3.63, 3.8) is 0 Å². The van der Waals surface area contributed by atoms with Crippen LogP contribution in [0, 0.1) is 22.3 Å². The van der Waals surface area contributed by atoms with Crippen molar-refractivity contribution in [2.24, 2.45) is 30.9 Å². The van der Waals surface area contributed by atoms with E-state index in [-0.39, 0.29) is 193 Å². The van der Waals surface area contributed by atoms with Crippen molar-refractivity contribution in [2.45, 2.75) is 114 Å². The number of carbonyl (C=O) groups is 3. The number of allylic oxidation sites excluding steroid dienone is 4. The first-order valence-electron chi connectivity index (χ1n) is 23.2. The van der Waals surface area contributed by atoms with E-state index >= 15 is 0 Å². The minimum absolute atomic E-state index is 0. The molecular weight excluding hydrogens is 1290 g/mol. The Kier molecular flexibility index (Phi) is 48.9. The second kappa shape index (κ2) is 44.8. The van der Waals surface area contributed by atoms with Gasteiger partial charge in [-0.3, -0.25) is 9.59 Å². The fourth-order valence-electron chi connectivity index (χ4n) is 6.40. The maximum absolute atomic E-state index is 12.0. The zero-order chi connectivity index (χ0) is 54.9. The van der Waals surface area contributed by atoms with E-state index in [1.165, 1.54) is 39.6 Å². The number of carbonyl (C=O) groups excluding carboxylic acids is 3. The molecule has 1 heterocycles. The summed E-state index contributed by atoms with van der Waals surface area (Å²) >= 11 is 0. The Morgan fingerprint density at radius 1 is 0.487 bits per heavy atom. The molecule has 0 saturated carbocycles. The van der Waals surface area contributed by atoms with Gasteiger partial charge in [0, 0.05) is 164 Å². The topological polar surface area (TPSA) is 227 Å². The molecule has 0 aliphatic carbocycles. The van der Waals surface area contributed by atoms with E-state index in [1.54, 1.807) is 38.4 Å². The van der Waals surface area contributed by atoms with Crippen molar-refractivity contribution >= 4 is 52.1 Å². The van der Waals surface area contributed by atoms with Gasteiger partial charge < -0.3 is 71.4 Å². The maximum Gasteiger partial charge on any atom is 0.360 e. The first kappa shape index (κ1) is 87.5. The summed E-state index contributed by atoms with van der Waals surface area (Å²) in [4.78, 5) is 66.7. The molecule has 3 aromatic carbocycles. The third-order valence-corrected chi connectivity index (χ3v) is 11.7. The number of hydrogen-bond acceptors (Lipinski definition) is 17.